The molecule has 0 saturated carbocycles. The highest BCUT2D eigenvalue weighted by Gasteiger charge is 2.31. The van der Waals surface area contributed by atoms with Gasteiger partial charge >= 0.3 is 6.09 Å². The zero-order valence-electron chi connectivity index (χ0n) is 13.4. The number of ether oxygens (including phenoxy) is 1. The van der Waals surface area contributed by atoms with Gasteiger partial charge in [-0.05, 0) is 6.07 Å². The summed E-state index contributed by atoms with van der Waals surface area (Å²) < 4.78 is 6.60. The normalized spacial score (nSPS) is 12.7. The lowest BCUT2D eigenvalue weighted by atomic mass is 9.82. The predicted octanol–water partition coefficient (Wildman–Crippen LogP) is 2.78. The van der Waals surface area contributed by atoms with Crippen LogP contribution >= 0.6 is 0 Å². The minimum atomic E-state index is -0.879. The van der Waals surface area contributed by atoms with Gasteiger partial charge in [0.15, 0.2) is 5.65 Å². The smallest absolute Gasteiger partial charge is 0.390 e. The lowest BCUT2D eigenvalue weighted by Crippen LogP contribution is -2.24. The summed E-state index contributed by atoms with van der Waals surface area (Å²) in [5, 5.41) is 4.35. The van der Waals surface area contributed by atoms with Crippen LogP contribution < -0.4 is 10.5 Å². The van der Waals surface area contributed by atoms with E-state index in [1.807, 2.05) is 0 Å². The number of nitrogens with zero attached hydrogens (tertiary/aromatic N) is 3. The molecule has 0 aliphatic heterocycles. The molecule has 1 amide bonds. The average molecular weight is 290 g/mol. The van der Waals surface area contributed by atoms with Crippen LogP contribution in [0.5, 0.6) is 5.88 Å². The number of nitrogens with two attached hydrogens (primary N) is 1. The third-order valence-electron chi connectivity index (χ3n) is 3.08. The number of hydrogen-bond acceptors (Lipinski definition) is 4. The first-order valence-corrected chi connectivity index (χ1v) is 6.88. The van der Waals surface area contributed by atoms with Crippen molar-refractivity contribution in [2.45, 2.75) is 52.4 Å². The van der Waals surface area contributed by atoms with Crippen molar-refractivity contribution < 1.29 is 9.53 Å². The average Bonchev–Trinajstić information content (AvgIpc) is 2.65. The number of fused-ring (bicyclic) bond motifs is 1. The monoisotopic (exact) mass is 290 g/mol. The van der Waals surface area contributed by atoms with Gasteiger partial charge in [0.25, 0.3) is 0 Å². The lowest BCUT2D eigenvalue weighted by molar-refractivity contribution is 0.208. The quantitative estimate of drug-likeness (QED) is 0.875. The van der Waals surface area contributed by atoms with Crippen molar-refractivity contribution in [1.82, 2.24) is 14.6 Å². The first-order chi connectivity index (χ1) is 9.50. The number of carbonyl (C=O) groups excluding carboxylic acids is 1. The van der Waals surface area contributed by atoms with E-state index in [4.69, 9.17) is 15.5 Å². The van der Waals surface area contributed by atoms with Crippen LogP contribution in [0.4, 0.5) is 4.79 Å². The molecule has 0 aliphatic carbocycles. The van der Waals surface area contributed by atoms with E-state index < -0.39 is 6.09 Å². The van der Waals surface area contributed by atoms with Crippen molar-refractivity contribution in [3.05, 3.63) is 23.5 Å². The van der Waals surface area contributed by atoms with Crippen LogP contribution in [0.15, 0.2) is 12.1 Å². The van der Waals surface area contributed by atoms with Crippen molar-refractivity contribution in [2.75, 3.05) is 0 Å². The Morgan fingerprint density at radius 2 is 1.76 bits per heavy atom. The molecule has 6 heteroatoms. The van der Waals surface area contributed by atoms with E-state index in [1.54, 1.807) is 16.6 Å². The van der Waals surface area contributed by atoms with E-state index in [9.17, 15) is 4.79 Å². The zero-order chi connectivity index (χ0) is 16.0. The maximum absolute atomic E-state index is 10.9. The van der Waals surface area contributed by atoms with Gasteiger partial charge in [-0.1, -0.05) is 41.5 Å². The molecule has 0 aromatic carbocycles. The molecule has 0 saturated heterocycles. The molecule has 6 nitrogen and oxygen atoms in total. The summed E-state index contributed by atoms with van der Waals surface area (Å²) in [7, 11) is 0. The highest BCUT2D eigenvalue weighted by molar-refractivity contribution is 5.67. The Bertz CT molecular complexity index is 690. The Morgan fingerprint density at radius 1 is 1.14 bits per heavy atom. The van der Waals surface area contributed by atoms with Crippen LogP contribution in [-0.2, 0) is 10.8 Å². The SMILES string of the molecule is CC(C)(C)c1nc2ccc(OC(N)=O)nn2c1C(C)(C)C. The molecule has 0 fully saturated rings. The highest BCUT2D eigenvalue weighted by Crippen LogP contribution is 2.34. The maximum atomic E-state index is 10.9. The summed E-state index contributed by atoms with van der Waals surface area (Å²) in [4.78, 5) is 15.6. The largest absolute Gasteiger partial charge is 0.411 e. The Hall–Kier alpha value is -2.11. The maximum Gasteiger partial charge on any atom is 0.411 e. The Morgan fingerprint density at radius 3 is 2.24 bits per heavy atom. The summed E-state index contributed by atoms with van der Waals surface area (Å²) in [6.07, 6.45) is -0.879. The van der Waals surface area contributed by atoms with Crippen LogP contribution in [-0.4, -0.2) is 20.7 Å². The number of imidazole rings is 1. The lowest BCUT2D eigenvalue weighted by Gasteiger charge is -2.25. The van der Waals surface area contributed by atoms with Gasteiger partial charge in [0.1, 0.15) is 0 Å². The fraction of sp³-hybridized carbons (Fsp3) is 0.533. The number of amides is 1. The molecular formula is C15H22N4O2. The molecule has 0 spiro atoms. The molecule has 21 heavy (non-hydrogen) atoms. The molecule has 2 heterocycles. The summed E-state index contributed by atoms with van der Waals surface area (Å²) in [6.45, 7) is 12.7. The van der Waals surface area contributed by atoms with Crippen LogP contribution in [0.1, 0.15) is 52.9 Å². The molecule has 2 rings (SSSR count). The van der Waals surface area contributed by atoms with E-state index in [1.165, 1.54) is 0 Å². The minimum Gasteiger partial charge on any atom is -0.390 e. The van der Waals surface area contributed by atoms with Gasteiger partial charge < -0.3 is 10.5 Å². The van der Waals surface area contributed by atoms with Crippen molar-refractivity contribution >= 4 is 11.7 Å². The molecule has 114 valence electrons. The first kappa shape index (κ1) is 15.3. The Balaban J connectivity index is 2.74. The van der Waals surface area contributed by atoms with Crippen molar-refractivity contribution in [3.8, 4) is 5.88 Å². The predicted molar refractivity (Wildman–Crippen MR) is 80.6 cm³/mol. The van der Waals surface area contributed by atoms with Crippen LogP contribution in [0, 0.1) is 0 Å². The summed E-state index contributed by atoms with van der Waals surface area (Å²) >= 11 is 0. The van der Waals surface area contributed by atoms with Gasteiger partial charge in [-0.2, -0.15) is 0 Å². The van der Waals surface area contributed by atoms with Gasteiger partial charge in [0, 0.05) is 16.9 Å². The van der Waals surface area contributed by atoms with Crippen LogP contribution in [0.2, 0.25) is 0 Å². The Kier molecular flexibility index (Phi) is 3.43. The second-order valence-electron chi connectivity index (χ2n) is 7.17. The second kappa shape index (κ2) is 4.72. The third kappa shape index (κ3) is 2.99. The number of carbonyl (C=O) groups is 1. The van der Waals surface area contributed by atoms with Gasteiger partial charge in [-0.3, -0.25) is 0 Å². The van der Waals surface area contributed by atoms with E-state index in [-0.39, 0.29) is 16.7 Å². The second-order valence-corrected chi connectivity index (χ2v) is 7.17. The molecule has 0 atom stereocenters. The number of hydrogen-bond donors (Lipinski definition) is 1. The fourth-order valence-corrected chi connectivity index (χ4v) is 2.27. The molecule has 2 N–H and O–H groups in total. The Labute approximate surface area is 124 Å². The fourth-order valence-electron chi connectivity index (χ4n) is 2.27. The van der Waals surface area contributed by atoms with Crippen molar-refractivity contribution in [3.63, 3.8) is 0 Å². The van der Waals surface area contributed by atoms with Gasteiger partial charge in [0.05, 0.1) is 11.4 Å². The van der Waals surface area contributed by atoms with Gasteiger partial charge in [-0.15, -0.1) is 5.10 Å². The first-order valence-electron chi connectivity index (χ1n) is 6.88. The van der Waals surface area contributed by atoms with Gasteiger partial charge in [-0.25, -0.2) is 14.3 Å². The number of rotatable bonds is 1. The number of primary amides is 1. The van der Waals surface area contributed by atoms with E-state index in [0.717, 1.165) is 17.0 Å². The van der Waals surface area contributed by atoms with E-state index >= 15 is 0 Å². The molecule has 2 aromatic rings. The van der Waals surface area contributed by atoms with Crippen LogP contribution in [0.25, 0.3) is 5.65 Å². The number of aromatic nitrogens is 3. The summed E-state index contributed by atoms with van der Waals surface area (Å²) in [6, 6.07) is 3.36. The van der Waals surface area contributed by atoms with E-state index in [0.29, 0.717) is 0 Å². The molecule has 0 bridgehead atoms. The zero-order valence-corrected chi connectivity index (χ0v) is 13.4. The standard InChI is InChI=1S/C15H22N4O2/c1-14(2,3)11-12(15(4,5)6)19-9(17-11)7-8-10(18-19)21-13(16)20/h7-8H,1-6H3,(H2,16,20). The molecular weight excluding hydrogens is 268 g/mol. The third-order valence-corrected chi connectivity index (χ3v) is 3.08. The summed E-state index contributed by atoms with van der Waals surface area (Å²) in [5.74, 6) is 0.165. The summed E-state index contributed by atoms with van der Waals surface area (Å²) in [5.41, 5.74) is 7.49. The highest BCUT2D eigenvalue weighted by atomic mass is 16.6. The van der Waals surface area contributed by atoms with Crippen molar-refractivity contribution in [1.29, 1.82) is 0 Å². The molecule has 0 unspecified atom stereocenters. The molecule has 0 radical (unpaired) electrons. The molecule has 2 aromatic heterocycles. The topological polar surface area (TPSA) is 82.5 Å². The van der Waals surface area contributed by atoms with Crippen molar-refractivity contribution in [2.24, 2.45) is 5.73 Å². The van der Waals surface area contributed by atoms with E-state index in [2.05, 4.69) is 46.6 Å². The van der Waals surface area contributed by atoms with Crippen LogP contribution in [0.3, 0.4) is 0 Å². The van der Waals surface area contributed by atoms with Gasteiger partial charge in [0.2, 0.25) is 5.88 Å². The molecule has 0 aliphatic rings. The minimum absolute atomic E-state index is 0.110.